The predicted octanol–water partition coefficient (Wildman–Crippen LogP) is -2.61. The van der Waals surface area contributed by atoms with Crippen LogP contribution in [-0.4, -0.2) is 76.3 Å². The van der Waals surface area contributed by atoms with Crippen LogP contribution in [0.2, 0.25) is 0 Å². The molecule has 0 saturated heterocycles. The summed E-state index contributed by atoms with van der Waals surface area (Å²) in [6.07, 6.45) is -0.562. The molecular formula is C16H28N4O8. The van der Waals surface area contributed by atoms with Crippen LogP contribution in [0.4, 0.5) is 0 Å². The molecule has 12 nitrogen and oxygen atoms in total. The van der Waals surface area contributed by atoms with Gasteiger partial charge in [0.2, 0.25) is 17.7 Å². The Morgan fingerprint density at radius 2 is 1.43 bits per heavy atom. The number of nitrogens with one attached hydrogen (secondary N) is 3. The molecule has 0 radical (unpaired) electrons. The molecule has 3 unspecified atom stereocenters. The van der Waals surface area contributed by atoms with Gasteiger partial charge in [-0.25, -0.2) is 4.79 Å². The van der Waals surface area contributed by atoms with Gasteiger partial charge in [-0.2, -0.15) is 0 Å². The molecule has 0 aliphatic carbocycles. The van der Waals surface area contributed by atoms with Crippen LogP contribution >= 0.6 is 0 Å². The van der Waals surface area contributed by atoms with Crippen LogP contribution in [-0.2, 0) is 24.0 Å². The molecule has 12 heteroatoms. The van der Waals surface area contributed by atoms with Crippen molar-refractivity contribution in [1.82, 2.24) is 16.0 Å². The lowest BCUT2D eigenvalue weighted by molar-refractivity contribution is -0.143. The monoisotopic (exact) mass is 404 g/mol. The van der Waals surface area contributed by atoms with Crippen LogP contribution in [0.1, 0.15) is 33.1 Å². The number of carboxylic acids is 2. The molecule has 0 aliphatic rings. The highest BCUT2D eigenvalue weighted by Gasteiger charge is 2.29. The van der Waals surface area contributed by atoms with Crippen molar-refractivity contribution in [3.63, 3.8) is 0 Å². The summed E-state index contributed by atoms with van der Waals surface area (Å²) in [5.74, 6) is -5.04. The topological polar surface area (TPSA) is 208 Å². The van der Waals surface area contributed by atoms with Gasteiger partial charge in [0.1, 0.15) is 18.1 Å². The lowest BCUT2D eigenvalue weighted by Gasteiger charge is -2.23. The number of hydrogen-bond donors (Lipinski definition) is 7. The van der Waals surface area contributed by atoms with Gasteiger partial charge in [0.15, 0.2) is 0 Å². The first-order valence-electron chi connectivity index (χ1n) is 8.67. The summed E-state index contributed by atoms with van der Waals surface area (Å²) in [5.41, 5.74) is 5.16. The van der Waals surface area contributed by atoms with E-state index < -0.39 is 67.4 Å². The molecule has 0 rings (SSSR count). The Kier molecular flexibility index (Phi) is 11.4. The number of aliphatic hydroxyl groups excluding tert-OH is 1. The van der Waals surface area contributed by atoms with Crippen molar-refractivity contribution in [2.75, 3.05) is 13.2 Å². The molecule has 0 aliphatic heterocycles. The van der Waals surface area contributed by atoms with Gasteiger partial charge in [-0.3, -0.25) is 19.2 Å². The quantitative estimate of drug-likeness (QED) is 0.171. The molecule has 8 N–H and O–H groups in total. The summed E-state index contributed by atoms with van der Waals surface area (Å²) >= 11 is 0. The fourth-order valence-corrected chi connectivity index (χ4v) is 2.22. The molecule has 3 amide bonds. The zero-order chi connectivity index (χ0) is 21.9. The highest BCUT2D eigenvalue weighted by molar-refractivity contribution is 5.93. The van der Waals surface area contributed by atoms with Crippen LogP contribution in [0.3, 0.4) is 0 Å². The number of carbonyl (C=O) groups is 5. The summed E-state index contributed by atoms with van der Waals surface area (Å²) < 4.78 is 0. The van der Waals surface area contributed by atoms with Crippen molar-refractivity contribution in [2.45, 2.75) is 51.2 Å². The van der Waals surface area contributed by atoms with Crippen LogP contribution < -0.4 is 21.7 Å². The van der Waals surface area contributed by atoms with Crippen LogP contribution in [0.5, 0.6) is 0 Å². The van der Waals surface area contributed by atoms with E-state index in [1.54, 1.807) is 13.8 Å². The Morgan fingerprint density at radius 1 is 0.893 bits per heavy atom. The number of carbonyl (C=O) groups excluding carboxylic acids is 3. The molecule has 0 bridgehead atoms. The summed E-state index contributed by atoms with van der Waals surface area (Å²) in [6, 6.07) is -3.98. The average Bonchev–Trinajstić information content (AvgIpc) is 2.61. The van der Waals surface area contributed by atoms with Crippen LogP contribution in [0.15, 0.2) is 0 Å². The number of aliphatic hydroxyl groups is 1. The highest BCUT2D eigenvalue weighted by Crippen LogP contribution is 2.06. The smallest absolute Gasteiger partial charge is 0.326 e. The number of amides is 3. The zero-order valence-electron chi connectivity index (χ0n) is 15.8. The highest BCUT2D eigenvalue weighted by atomic mass is 16.4. The van der Waals surface area contributed by atoms with E-state index in [-0.39, 0.29) is 18.8 Å². The Labute approximate surface area is 161 Å². The number of carboxylic acid groups (broad SMARTS) is 2. The molecule has 0 aromatic carbocycles. The van der Waals surface area contributed by atoms with Gasteiger partial charge in [0.25, 0.3) is 0 Å². The first kappa shape index (κ1) is 25.3. The Bertz CT molecular complexity index is 581. The number of hydrogen-bond acceptors (Lipinski definition) is 7. The summed E-state index contributed by atoms with van der Waals surface area (Å²) in [6.45, 7) is 2.26. The maximum Gasteiger partial charge on any atom is 0.326 e. The molecule has 3 atom stereocenters. The normalized spacial score (nSPS) is 13.9. The molecular weight excluding hydrogens is 376 g/mol. The van der Waals surface area contributed by atoms with E-state index in [1.807, 2.05) is 0 Å². The second-order valence-electron chi connectivity index (χ2n) is 6.53. The van der Waals surface area contributed by atoms with Gasteiger partial charge in [-0.1, -0.05) is 13.8 Å². The van der Waals surface area contributed by atoms with E-state index >= 15 is 0 Å². The molecule has 0 aromatic rings. The van der Waals surface area contributed by atoms with Crippen molar-refractivity contribution in [3.8, 4) is 0 Å². The van der Waals surface area contributed by atoms with Gasteiger partial charge < -0.3 is 37.0 Å². The van der Waals surface area contributed by atoms with E-state index in [9.17, 15) is 29.1 Å². The number of aliphatic carboxylic acids is 2. The lowest BCUT2D eigenvalue weighted by Crippen LogP contribution is -2.57. The number of nitrogens with two attached hydrogens (primary N) is 1. The Balaban J connectivity index is 5.10. The minimum Gasteiger partial charge on any atom is -0.481 e. The van der Waals surface area contributed by atoms with Crippen molar-refractivity contribution < 1.29 is 39.3 Å². The molecule has 0 spiro atoms. The van der Waals surface area contributed by atoms with Crippen molar-refractivity contribution in [2.24, 2.45) is 11.7 Å². The number of rotatable bonds is 13. The van der Waals surface area contributed by atoms with Gasteiger partial charge in [-0.15, -0.1) is 0 Å². The Hall–Kier alpha value is -2.73. The zero-order valence-corrected chi connectivity index (χ0v) is 15.8. The van der Waals surface area contributed by atoms with Gasteiger partial charge in [0, 0.05) is 6.42 Å². The second-order valence-corrected chi connectivity index (χ2v) is 6.53. The van der Waals surface area contributed by atoms with Crippen molar-refractivity contribution in [1.29, 1.82) is 0 Å². The summed E-state index contributed by atoms with van der Waals surface area (Å²) in [4.78, 5) is 57.9. The van der Waals surface area contributed by atoms with Crippen molar-refractivity contribution in [3.05, 3.63) is 0 Å². The lowest BCUT2D eigenvalue weighted by atomic mass is 10.0. The molecule has 0 saturated carbocycles. The third-order valence-electron chi connectivity index (χ3n) is 3.62. The maximum atomic E-state index is 12.3. The van der Waals surface area contributed by atoms with Gasteiger partial charge in [-0.05, 0) is 18.8 Å². The third kappa shape index (κ3) is 9.83. The standard InChI is InChI=1S/C16H28N4O8/c1-8(2)5-10(16(27)28)19-15(26)11(7-21)20-14(25)9(3-4-13(23)24)18-12(22)6-17/h8-11,21H,3-7,17H2,1-2H3,(H,18,22)(H,19,26)(H,20,25)(H,23,24)(H,27,28). The molecule has 160 valence electrons. The maximum absolute atomic E-state index is 12.3. The SMILES string of the molecule is CC(C)CC(NC(=O)C(CO)NC(=O)C(CCC(=O)O)NC(=O)CN)C(=O)O. The van der Waals surface area contributed by atoms with E-state index in [0.717, 1.165) is 0 Å². The Morgan fingerprint density at radius 3 is 1.86 bits per heavy atom. The van der Waals surface area contributed by atoms with Crippen LogP contribution in [0.25, 0.3) is 0 Å². The molecule has 0 heterocycles. The second kappa shape index (κ2) is 12.6. The average molecular weight is 404 g/mol. The van der Waals surface area contributed by atoms with E-state index in [2.05, 4.69) is 16.0 Å². The first-order chi connectivity index (χ1) is 13.0. The van der Waals surface area contributed by atoms with E-state index in [4.69, 9.17) is 15.9 Å². The summed E-state index contributed by atoms with van der Waals surface area (Å²) in [5, 5.41) is 33.9. The molecule has 0 aromatic heterocycles. The van der Waals surface area contributed by atoms with E-state index in [1.165, 1.54) is 0 Å². The minimum atomic E-state index is -1.48. The predicted molar refractivity (Wildman–Crippen MR) is 95.9 cm³/mol. The minimum absolute atomic E-state index is 0.0320. The molecule has 0 fully saturated rings. The third-order valence-corrected chi connectivity index (χ3v) is 3.62. The fourth-order valence-electron chi connectivity index (χ4n) is 2.22. The summed E-state index contributed by atoms with van der Waals surface area (Å²) in [7, 11) is 0. The molecule has 28 heavy (non-hydrogen) atoms. The first-order valence-corrected chi connectivity index (χ1v) is 8.67. The van der Waals surface area contributed by atoms with Crippen molar-refractivity contribution >= 4 is 29.7 Å². The fraction of sp³-hybridized carbons (Fsp3) is 0.688. The van der Waals surface area contributed by atoms with Gasteiger partial charge in [0.05, 0.1) is 13.2 Å². The van der Waals surface area contributed by atoms with E-state index in [0.29, 0.717) is 0 Å². The van der Waals surface area contributed by atoms with Gasteiger partial charge >= 0.3 is 11.9 Å². The van der Waals surface area contributed by atoms with Crippen LogP contribution in [0, 0.1) is 5.92 Å². The largest absolute Gasteiger partial charge is 0.481 e.